The number of methoxy groups -OCH3 is 1. The number of amides is 1. The third-order valence-corrected chi connectivity index (χ3v) is 6.83. The first-order chi connectivity index (χ1) is 12.4. The molecule has 0 aromatic heterocycles. The fraction of sp³-hybridized carbons (Fsp3) is 0.278. The normalized spacial score (nSPS) is 17.2. The smallest absolute Gasteiger partial charge is 0.240 e. The maximum atomic E-state index is 12.7. The number of sulfonamides is 1. The summed E-state index contributed by atoms with van der Waals surface area (Å²) in [6.45, 7) is 1.96. The number of carbonyl (C=O) groups excluding carboxylic acids is 1. The van der Waals surface area contributed by atoms with E-state index in [1.807, 2.05) is 19.1 Å². The van der Waals surface area contributed by atoms with Crippen LogP contribution >= 0.6 is 11.8 Å². The number of ether oxygens (including phenoxy) is 1. The van der Waals surface area contributed by atoms with Gasteiger partial charge in [0.15, 0.2) is 0 Å². The Kier molecular flexibility index (Phi) is 5.55. The highest BCUT2D eigenvalue weighted by Crippen LogP contribution is 2.34. The minimum Gasteiger partial charge on any atom is -0.496 e. The fourth-order valence-electron chi connectivity index (χ4n) is 2.55. The largest absolute Gasteiger partial charge is 0.496 e. The van der Waals surface area contributed by atoms with Crippen LogP contribution in [-0.4, -0.2) is 27.2 Å². The molecule has 8 heteroatoms. The monoisotopic (exact) mass is 392 g/mol. The predicted molar refractivity (Wildman–Crippen MR) is 102 cm³/mol. The second-order valence-electron chi connectivity index (χ2n) is 6.00. The van der Waals surface area contributed by atoms with Gasteiger partial charge < -0.3 is 10.1 Å². The van der Waals surface area contributed by atoms with E-state index >= 15 is 0 Å². The molecule has 26 heavy (non-hydrogen) atoms. The van der Waals surface area contributed by atoms with Gasteiger partial charge in [-0.25, -0.2) is 13.1 Å². The lowest BCUT2D eigenvalue weighted by Gasteiger charge is -2.12. The Morgan fingerprint density at radius 3 is 2.81 bits per heavy atom. The molecule has 138 valence electrons. The van der Waals surface area contributed by atoms with Gasteiger partial charge in [-0.1, -0.05) is 25.1 Å². The number of nitrogens with one attached hydrogen (secondary N) is 2. The molecule has 1 amide bonds. The summed E-state index contributed by atoms with van der Waals surface area (Å²) in [4.78, 5) is 13.0. The van der Waals surface area contributed by atoms with Crippen molar-refractivity contribution in [3.63, 3.8) is 0 Å². The summed E-state index contributed by atoms with van der Waals surface area (Å²) in [6, 6.07) is 12.0. The third kappa shape index (κ3) is 4.03. The summed E-state index contributed by atoms with van der Waals surface area (Å²) in [6.07, 6.45) is 0. The molecule has 0 unspecified atom stereocenters. The molecule has 0 fully saturated rings. The Morgan fingerprint density at radius 2 is 2.04 bits per heavy atom. The number of fused-ring (bicyclic) bond motifs is 1. The molecule has 6 nitrogen and oxygen atoms in total. The van der Waals surface area contributed by atoms with Crippen LogP contribution in [0.2, 0.25) is 0 Å². The van der Waals surface area contributed by atoms with Crippen LogP contribution in [0.15, 0.2) is 52.3 Å². The van der Waals surface area contributed by atoms with E-state index < -0.39 is 10.0 Å². The summed E-state index contributed by atoms with van der Waals surface area (Å²) in [5.41, 5.74) is 1.27. The molecule has 2 aromatic carbocycles. The Hall–Kier alpha value is -2.03. The van der Waals surface area contributed by atoms with Gasteiger partial charge in [0.05, 0.1) is 17.7 Å². The van der Waals surface area contributed by atoms with E-state index in [1.54, 1.807) is 43.1 Å². The van der Waals surface area contributed by atoms with E-state index in [0.29, 0.717) is 17.2 Å². The van der Waals surface area contributed by atoms with Crippen molar-refractivity contribution in [2.75, 3.05) is 18.2 Å². The quantitative estimate of drug-likeness (QED) is 0.817. The van der Waals surface area contributed by atoms with Gasteiger partial charge in [0.1, 0.15) is 5.75 Å². The minimum absolute atomic E-state index is 0.104. The lowest BCUT2D eigenvalue weighted by molar-refractivity contribution is -0.118. The lowest BCUT2D eigenvalue weighted by Crippen LogP contribution is -2.24. The molecule has 0 spiro atoms. The predicted octanol–water partition coefficient (Wildman–Crippen LogP) is 2.85. The highest BCUT2D eigenvalue weighted by Gasteiger charge is 2.23. The molecular formula is C18H20N2O4S2. The van der Waals surface area contributed by atoms with Crippen molar-refractivity contribution in [1.82, 2.24) is 4.72 Å². The van der Waals surface area contributed by atoms with Crippen LogP contribution in [0.5, 0.6) is 5.75 Å². The molecule has 0 saturated heterocycles. The van der Waals surface area contributed by atoms with Gasteiger partial charge >= 0.3 is 0 Å². The van der Waals surface area contributed by atoms with Crippen LogP contribution in [0.4, 0.5) is 5.69 Å². The van der Waals surface area contributed by atoms with E-state index in [1.165, 1.54) is 6.07 Å². The van der Waals surface area contributed by atoms with Crippen molar-refractivity contribution in [3.05, 3.63) is 48.0 Å². The van der Waals surface area contributed by atoms with Crippen LogP contribution in [0.25, 0.3) is 0 Å². The van der Waals surface area contributed by atoms with E-state index in [0.717, 1.165) is 10.5 Å². The van der Waals surface area contributed by atoms with Gasteiger partial charge in [0, 0.05) is 28.7 Å². The molecule has 3 rings (SSSR count). The number of hydrogen-bond donors (Lipinski definition) is 2. The zero-order valence-electron chi connectivity index (χ0n) is 14.5. The minimum atomic E-state index is -3.73. The van der Waals surface area contributed by atoms with E-state index in [9.17, 15) is 13.2 Å². The Balaban J connectivity index is 1.82. The number of hydrogen-bond acceptors (Lipinski definition) is 5. The molecule has 1 aliphatic rings. The number of thioether (sulfide) groups is 1. The summed E-state index contributed by atoms with van der Waals surface area (Å²) in [5.74, 6) is 1.05. The van der Waals surface area contributed by atoms with Crippen LogP contribution in [-0.2, 0) is 21.4 Å². The van der Waals surface area contributed by atoms with Gasteiger partial charge in [-0.3, -0.25) is 4.79 Å². The van der Waals surface area contributed by atoms with E-state index in [4.69, 9.17) is 4.74 Å². The summed E-state index contributed by atoms with van der Waals surface area (Å²) >= 11 is 1.54. The topological polar surface area (TPSA) is 84.5 Å². The standard InChI is InChI=1S/C18H20N2O4S2/c1-12-11-25-17-8-7-14(9-15(17)20-18(12)21)26(22,23)19-10-13-5-3-4-6-16(13)24-2/h3-9,12,19H,10-11H2,1-2H3,(H,20,21)/t12-/m0/s1. The van der Waals surface area contributed by atoms with Crippen LogP contribution in [0.3, 0.4) is 0 Å². The van der Waals surface area contributed by atoms with Crippen LogP contribution in [0, 0.1) is 5.92 Å². The summed E-state index contributed by atoms with van der Waals surface area (Å²) < 4.78 is 33.1. The lowest BCUT2D eigenvalue weighted by atomic mass is 10.2. The number of anilines is 1. The SMILES string of the molecule is COc1ccccc1CNS(=O)(=O)c1ccc2c(c1)NC(=O)[C@@H](C)CS2. The molecule has 2 N–H and O–H groups in total. The highest BCUT2D eigenvalue weighted by molar-refractivity contribution is 7.99. The molecule has 0 aliphatic carbocycles. The first-order valence-corrected chi connectivity index (χ1v) is 10.6. The molecule has 0 saturated carbocycles. The van der Waals surface area contributed by atoms with Gasteiger partial charge in [0.2, 0.25) is 15.9 Å². The van der Waals surface area contributed by atoms with Crippen molar-refractivity contribution >= 4 is 33.4 Å². The Bertz CT molecular complexity index is 929. The zero-order valence-corrected chi connectivity index (χ0v) is 16.1. The highest BCUT2D eigenvalue weighted by atomic mass is 32.2. The molecule has 2 aromatic rings. The summed E-state index contributed by atoms with van der Waals surface area (Å²) in [7, 11) is -2.18. The van der Waals surface area contributed by atoms with Crippen molar-refractivity contribution in [2.45, 2.75) is 23.3 Å². The van der Waals surface area contributed by atoms with Gasteiger partial charge in [-0.2, -0.15) is 0 Å². The Labute approximate surface area is 157 Å². The first-order valence-electron chi connectivity index (χ1n) is 8.10. The summed E-state index contributed by atoms with van der Waals surface area (Å²) in [5, 5.41) is 2.80. The van der Waals surface area contributed by atoms with E-state index in [-0.39, 0.29) is 23.3 Å². The van der Waals surface area contributed by atoms with Crippen molar-refractivity contribution < 1.29 is 17.9 Å². The number of carbonyl (C=O) groups is 1. The zero-order chi connectivity index (χ0) is 18.7. The molecule has 1 aliphatic heterocycles. The molecule has 0 radical (unpaired) electrons. The van der Waals surface area contributed by atoms with Crippen molar-refractivity contribution in [2.24, 2.45) is 5.92 Å². The van der Waals surface area contributed by atoms with Gasteiger partial charge in [-0.15, -0.1) is 11.8 Å². The molecule has 0 bridgehead atoms. The second kappa shape index (κ2) is 7.69. The molecular weight excluding hydrogens is 372 g/mol. The molecule has 1 atom stereocenters. The van der Waals surface area contributed by atoms with Gasteiger partial charge in [-0.05, 0) is 24.3 Å². The van der Waals surface area contributed by atoms with Crippen LogP contribution < -0.4 is 14.8 Å². The van der Waals surface area contributed by atoms with Gasteiger partial charge in [0.25, 0.3) is 0 Å². The first kappa shape index (κ1) is 18.8. The fourth-order valence-corrected chi connectivity index (χ4v) is 4.59. The average Bonchev–Trinajstić information content (AvgIpc) is 2.78. The van der Waals surface area contributed by atoms with E-state index in [2.05, 4.69) is 10.0 Å². The third-order valence-electron chi connectivity index (χ3n) is 4.10. The number of rotatable bonds is 5. The van der Waals surface area contributed by atoms with Crippen LogP contribution in [0.1, 0.15) is 12.5 Å². The van der Waals surface area contributed by atoms with Crippen molar-refractivity contribution in [1.29, 1.82) is 0 Å². The number of para-hydroxylation sites is 1. The maximum absolute atomic E-state index is 12.7. The maximum Gasteiger partial charge on any atom is 0.240 e. The number of benzene rings is 2. The molecule has 1 heterocycles. The average molecular weight is 393 g/mol. The van der Waals surface area contributed by atoms with Crippen molar-refractivity contribution in [3.8, 4) is 5.75 Å². The second-order valence-corrected chi connectivity index (χ2v) is 8.82. The Morgan fingerprint density at radius 1 is 1.27 bits per heavy atom.